The molecule has 0 unspecified atom stereocenters. The Kier molecular flexibility index (Phi) is 5.69. The summed E-state index contributed by atoms with van der Waals surface area (Å²) in [7, 11) is 1.44. The zero-order valence-corrected chi connectivity index (χ0v) is 16.3. The topological polar surface area (TPSA) is 78.9 Å². The summed E-state index contributed by atoms with van der Waals surface area (Å²) in [5, 5.41) is 11.2. The zero-order chi connectivity index (χ0) is 19.6. The minimum absolute atomic E-state index is 0.00238. The largest absolute Gasteiger partial charge is 0.504 e. The molecule has 1 aliphatic rings. The molecule has 1 fully saturated rings. The quantitative estimate of drug-likeness (QED) is 0.581. The Morgan fingerprint density at radius 2 is 2.00 bits per heavy atom. The number of nitrogens with one attached hydrogen (secondary N) is 1. The lowest BCUT2D eigenvalue weighted by Gasteiger charge is -2.15. The van der Waals surface area contributed by atoms with E-state index in [1.54, 1.807) is 42.5 Å². The molecule has 3 rings (SSSR count). The predicted octanol–water partition coefficient (Wildman–Crippen LogP) is 3.60. The molecule has 138 valence electrons. The fraction of sp³-hybridized carbons (Fsp3) is 0.0556. The molecule has 0 spiro atoms. The fourth-order valence-corrected chi connectivity index (χ4v) is 3.57. The van der Waals surface area contributed by atoms with Crippen LogP contribution in [-0.4, -0.2) is 33.4 Å². The van der Waals surface area contributed by atoms with Gasteiger partial charge in [-0.1, -0.05) is 29.4 Å². The lowest BCUT2D eigenvalue weighted by molar-refractivity contribution is -0.123. The Morgan fingerprint density at radius 3 is 2.67 bits per heavy atom. The molecule has 2 amide bonds. The monoisotopic (exact) mass is 420 g/mol. The number of hydrogen-bond donors (Lipinski definition) is 2. The molecule has 0 aliphatic carbocycles. The third-order valence-electron chi connectivity index (χ3n) is 3.62. The Bertz CT molecular complexity index is 960. The average molecular weight is 421 g/mol. The van der Waals surface area contributed by atoms with Crippen molar-refractivity contribution < 1.29 is 19.4 Å². The first kappa shape index (κ1) is 19.2. The first-order valence-electron chi connectivity index (χ1n) is 7.60. The SMILES string of the molecule is COc1cc(C=C2SC(=S)N(NC(=O)c3ccc(Cl)cc3)C2=O)ccc1O. The van der Waals surface area contributed by atoms with Gasteiger partial charge in [-0.2, -0.15) is 5.01 Å². The number of hydrogen-bond acceptors (Lipinski definition) is 6. The van der Waals surface area contributed by atoms with Gasteiger partial charge in [-0.25, -0.2) is 0 Å². The number of benzene rings is 2. The minimum Gasteiger partial charge on any atom is -0.504 e. The first-order chi connectivity index (χ1) is 12.9. The van der Waals surface area contributed by atoms with E-state index in [9.17, 15) is 14.7 Å². The van der Waals surface area contributed by atoms with Crippen molar-refractivity contribution in [1.82, 2.24) is 10.4 Å². The van der Waals surface area contributed by atoms with E-state index in [0.717, 1.165) is 16.8 Å². The van der Waals surface area contributed by atoms with Crippen LogP contribution in [0.25, 0.3) is 6.08 Å². The Labute approximate surface area is 169 Å². The third-order valence-corrected chi connectivity index (χ3v) is 5.17. The van der Waals surface area contributed by atoms with Crippen LogP contribution in [0.15, 0.2) is 47.4 Å². The van der Waals surface area contributed by atoms with Gasteiger partial charge in [0.25, 0.3) is 11.8 Å². The fourth-order valence-electron chi connectivity index (χ4n) is 2.27. The molecular weight excluding hydrogens is 408 g/mol. The molecule has 0 saturated carbocycles. The Hall–Kier alpha value is -2.55. The number of hydrazine groups is 1. The molecule has 2 N–H and O–H groups in total. The molecule has 27 heavy (non-hydrogen) atoms. The van der Waals surface area contributed by atoms with Gasteiger partial charge in [-0.3, -0.25) is 15.0 Å². The highest BCUT2D eigenvalue weighted by Crippen LogP contribution is 2.33. The maximum absolute atomic E-state index is 12.6. The predicted molar refractivity (Wildman–Crippen MR) is 109 cm³/mol. The first-order valence-corrected chi connectivity index (χ1v) is 9.21. The molecule has 1 heterocycles. The number of halogens is 1. The van der Waals surface area contributed by atoms with Crippen molar-refractivity contribution >= 4 is 57.8 Å². The molecule has 1 saturated heterocycles. The highest BCUT2D eigenvalue weighted by atomic mass is 35.5. The summed E-state index contributed by atoms with van der Waals surface area (Å²) >= 11 is 12.1. The van der Waals surface area contributed by atoms with E-state index in [4.69, 9.17) is 28.6 Å². The number of nitrogens with zero attached hydrogens (tertiary/aromatic N) is 1. The highest BCUT2D eigenvalue weighted by Gasteiger charge is 2.33. The molecule has 2 aromatic rings. The van der Waals surface area contributed by atoms with Crippen molar-refractivity contribution in [1.29, 1.82) is 0 Å². The Morgan fingerprint density at radius 1 is 1.30 bits per heavy atom. The number of ether oxygens (including phenoxy) is 1. The molecule has 6 nitrogen and oxygen atoms in total. The summed E-state index contributed by atoms with van der Waals surface area (Å²) < 4.78 is 5.26. The number of aromatic hydroxyl groups is 1. The maximum Gasteiger partial charge on any atom is 0.285 e. The molecule has 2 aromatic carbocycles. The van der Waals surface area contributed by atoms with Crippen LogP contribution in [0.4, 0.5) is 0 Å². The van der Waals surface area contributed by atoms with Crippen molar-refractivity contribution in [2.45, 2.75) is 0 Å². The highest BCUT2D eigenvalue weighted by molar-refractivity contribution is 8.26. The second-order valence-electron chi connectivity index (χ2n) is 5.40. The van der Waals surface area contributed by atoms with Crippen LogP contribution in [0.5, 0.6) is 11.5 Å². The van der Waals surface area contributed by atoms with Gasteiger partial charge in [0.15, 0.2) is 15.8 Å². The number of phenols is 1. The smallest absolute Gasteiger partial charge is 0.285 e. The van der Waals surface area contributed by atoms with Gasteiger partial charge in [0.2, 0.25) is 0 Å². The number of thioether (sulfide) groups is 1. The molecule has 0 radical (unpaired) electrons. The van der Waals surface area contributed by atoms with Gasteiger partial charge in [0.1, 0.15) is 0 Å². The van der Waals surface area contributed by atoms with Crippen molar-refractivity contribution in [2.24, 2.45) is 0 Å². The Balaban J connectivity index is 1.78. The third kappa shape index (κ3) is 4.24. The van der Waals surface area contributed by atoms with Crippen LogP contribution in [0.1, 0.15) is 15.9 Å². The van der Waals surface area contributed by atoms with Crippen molar-refractivity contribution in [2.75, 3.05) is 7.11 Å². The molecule has 0 atom stereocenters. The second kappa shape index (κ2) is 7.99. The standard InChI is InChI=1S/C18H13ClN2O4S2/c1-25-14-8-10(2-7-13(14)22)9-15-17(24)21(18(26)27-15)20-16(23)11-3-5-12(19)6-4-11/h2-9,22H,1H3,(H,20,23). The zero-order valence-electron chi connectivity index (χ0n) is 13.9. The van der Waals surface area contributed by atoms with Crippen LogP contribution in [0, 0.1) is 0 Å². The van der Waals surface area contributed by atoms with Crippen LogP contribution in [-0.2, 0) is 4.79 Å². The lowest BCUT2D eigenvalue weighted by Crippen LogP contribution is -2.44. The summed E-state index contributed by atoms with van der Waals surface area (Å²) in [6, 6.07) is 11.0. The van der Waals surface area contributed by atoms with Crippen LogP contribution < -0.4 is 10.2 Å². The summed E-state index contributed by atoms with van der Waals surface area (Å²) in [5.74, 6) is -0.637. The second-order valence-corrected chi connectivity index (χ2v) is 7.51. The van der Waals surface area contributed by atoms with Gasteiger partial charge >= 0.3 is 0 Å². The van der Waals surface area contributed by atoms with Crippen molar-refractivity contribution in [3.63, 3.8) is 0 Å². The van der Waals surface area contributed by atoms with Crippen LogP contribution in [0.2, 0.25) is 5.02 Å². The summed E-state index contributed by atoms with van der Waals surface area (Å²) in [6.45, 7) is 0. The van der Waals surface area contributed by atoms with Gasteiger partial charge in [-0.15, -0.1) is 0 Å². The molecule has 1 aliphatic heterocycles. The number of carbonyl (C=O) groups is 2. The lowest BCUT2D eigenvalue weighted by atomic mass is 10.2. The maximum atomic E-state index is 12.6. The molecule has 0 bridgehead atoms. The minimum atomic E-state index is -0.476. The number of methoxy groups -OCH3 is 1. The number of carbonyl (C=O) groups excluding carboxylic acids is 2. The van der Waals surface area contributed by atoms with E-state index in [1.165, 1.54) is 13.2 Å². The summed E-state index contributed by atoms with van der Waals surface area (Å²) in [4.78, 5) is 25.2. The molecular formula is C18H13ClN2O4S2. The number of rotatable bonds is 4. The molecule has 9 heteroatoms. The van der Waals surface area contributed by atoms with Gasteiger partial charge in [-0.05, 0) is 60.3 Å². The van der Waals surface area contributed by atoms with Gasteiger partial charge in [0, 0.05) is 10.6 Å². The number of phenolic OH excluding ortho intramolecular Hbond substituents is 1. The van der Waals surface area contributed by atoms with Crippen molar-refractivity contribution in [3.05, 3.63) is 63.5 Å². The van der Waals surface area contributed by atoms with Crippen LogP contribution >= 0.6 is 35.6 Å². The molecule has 0 aromatic heterocycles. The number of amides is 2. The normalized spacial score (nSPS) is 15.3. The number of thiocarbonyl (C=S) groups is 1. The average Bonchev–Trinajstić information content (AvgIpc) is 2.91. The summed E-state index contributed by atoms with van der Waals surface area (Å²) in [5.41, 5.74) is 3.49. The van der Waals surface area contributed by atoms with E-state index in [1.807, 2.05) is 0 Å². The van der Waals surface area contributed by atoms with E-state index < -0.39 is 11.8 Å². The van der Waals surface area contributed by atoms with E-state index in [2.05, 4.69) is 5.43 Å². The van der Waals surface area contributed by atoms with Crippen LogP contribution in [0.3, 0.4) is 0 Å². The van der Waals surface area contributed by atoms with Gasteiger partial charge < -0.3 is 9.84 Å². The van der Waals surface area contributed by atoms with E-state index in [-0.39, 0.29) is 15.8 Å². The van der Waals surface area contributed by atoms with Crippen molar-refractivity contribution in [3.8, 4) is 11.5 Å². The van der Waals surface area contributed by atoms with Gasteiger partial charge in [0.05, 0.1) is 12.0 Å². The van der Waals surface area contributed by atoms with E-state index in [0.29, 0.717) is 21.1 Å². The van der Waals surface area contributed by atoms with E-state index >= 15 is 0 Å². The summed E-state index contributed by atoms with van der Waals surface area (Å²) in [6.07, 6.45) is 1.61.